The second-order valence-corrected chi connectivity index (χ2v) is 8.39. The van der Waals surface area contributed by atoms with E-state index in [0.717, 1.165) is 24.8 Å². The van der Waals surface area contributed by atoms with Gasteiger partial charge in [-0.1, -0.05) is 40.2 Å². The summed E-state index contributed by atoms with van der Waals surface area (Å²) in [5.41, 5.74) is 2.29. The monoisotopic (exact) mass is 409 g/mol. The molecular formula is C18H20BrNO3S. The molecule has 0 saturated carbocycles. The smallest absolute Gasteiger partial charge is 0.244 e. The van der Waals surface area contributed by atoms with Gasteiger partial charge >= 0.3 is 0 Å². The van der Waals surface area contributed by atoms with Gasteiger partial charge in [-0.15, -0.1) is 0 Å². The van der Waals surface area contributed by atoms with Gasteiger partial charge < -0.3 is 4.74 Å². The van der Waals surface area contributed by atoms with Crippen LogP contribution in [0, 0.1) is 0 Å². The van der Waals surface area contributed by atoms with Gasteiger partial charge in [0.2, 0.25) is 10.0 Å². The number of sulfonamides is 1. The van der Waals surface area contributed by atoms with E-state index in [1.807, 2.05) is 25.1 Å². The van der Waals surface area contributed by atoms with Crippen molar-refractivity contribution in [3.05, 3.63) is 58.1 Å². The van der Waals surface area contributed by atoms with Gasteiger partial charge in [-0.2, -0.15) is 0 Å². The molecule has 0 spiro atoms. The van der Waals surface area contributed by atoms with E-state index in [4.69, 9.17) is 4.74 Å². The van der Waals surface area contributed by atoms with E-state index >= 15 is 0 Å². The zero-order chi connectivity index (χ0) is 17.2. The van der Waals surface area contributed by atoms with Gasteiger partial charge in [0.1, 0.15) is 10.6 Å². The van der Waals surface area contributed by atoms with Gasteiger partial charge in [0, 0.05) is 10.5 Å². The summed E-state index contributed by atoms with van der Waals surface area (Å²) in [5.74, 6) is 0.372. The highest BCUT2D eigenvalue weighted by Crippen LogP contribution is 2.33. The molecular weight excluding hydrogens is 390 g/mol. The van der Waals surface area contributed by atoms with Crippen LogP contribution in [0.25, 0.3) is 0 Å². The zero-order valence-electron chi connectivity index (χ0n) is 13.5. The molecule has 24 heavy (non-hydrogen) atoms. The lowest BCUT2D eigenvalue weighted by Gasteiger charge is -2.26. The second-order valence-electron chi connectivity index (χ2n) is 5.79. The van der Waals surface area contributed by atoms with Crippen LogP contribution in [0.1, 0.15) is 36.9 Å². The molecule has 1 aliphatic rings. The van der Waals surface area contributed by atoms with E-state index in [-0.39, 0.29) is 10.9 Å². The lowest BCUT2D eigenvalue weighted by atomic mass is 9.88. The Labute approximate surface area is 151 Å². The quantitative estimate of drug-likeness (QED) is 0.804. The van der Waals surface area contributed by atoms with Crippen LogP contribution in [-0.4, -0.2) is 15.0 Å². The first-order chi connectivity index (χ1) is 11.5. The van der Waals surface area contributed by atoms with Crippen molar-refractivity contribution in [3.8, 4) is 5.75 Å². The van der Waals surface area contributed by atoms with E-state index < -0.39 is 10.0 Å². The Morgan fingerprint density at radius 3 is 2.83 bits per heavy atom. The third-order valence-electron chi connectivity index (χ3n) is 4.16. The number of nitrogens with one attached hydrogen (secondary N) is 1. The maximum atomic E-state index is 12.9. The number of benzene rings is 2. The van der Waals surface area contributed by atoms with Crippen LogP contribution in [-0.2, 0) is 16.4 Å². The highest BCUT2D eigenvalue weighted by molar-refractivity contribution is 9.10. The number of ether oxygens (including phenoxy) is 1. The normalized spacial score (nSPS) is 17.3. The fourth-order valence-electron chi connectivity index (χ4n) is 3.09. The van der Waals surface area contributed by atoms with E-state index in [1.54, 1.807) is 18.2 Å². The fourth-order valence-corrected chi connectivity index (χ4v) is 5.03. The van der Waals surface area contributed by atoms with Crippen molar-refractivity contribution >= 4 is 26.0 Å². The third-order valence-corrected chi connectivity index (χ3v) is 6.15. The van der Waals surface area contributed by atoms with Gasteiger partial charge in [0.25, 0.3) is 0 Å². The Morgan fingerprint density at radius 1 is 1.25 bits per heavy atom. The van der Waals surface area contributed by atoms with Crippen LogP contribution in [0.3, 0.4) is 0 Å². The number of hydrogen-bond donors (Lipinski definition) is 1. The SMILES string of the molecule is CCOc1ccc(Br)cc1S(=O)(=O)NC1CCCc2ccccc21. The fraction of sp³-hybridized carbons (Fsp3) is 0.333. The topological polar surface area (TPSA) is 55.4 Å². The molecule has 0 aromatic heterocycles. The number of halogens is 1. The Bertz CT molecular complexity index is 836. The number of aryl methyl sites for hydroxylation is 1. The predicted molar refractivity (Wildman–Crippen MR) is 97.8 cm³/mol. The van der Waals surface area contributed by atoms with Crippen molar-refractivity contribution in [1.29, 1.82) is 0 Å². The summed E-state index contributed by atoms with van der Waals surface area (Å²) in [7, 11) is -3.68. The summed E-state index contributed by atoms with van der Waals surface area (Å²) < 4.78 is 35.0. The molecule has 1 unspecified atom stereocenters. The van der Waals surface area contributed by atoms with Crippen molar-refractivity contribution in [3.63, 3.8) is 0 Å². The molecule has 2 aromatic rings. The van der Waals surface area contributed by atoms with E-state index in [9.17, 15) is 8.42 Å². The van der Waals surface area contributed by atoms with Crippen molar-refractivity contribution in [1.82, 2.24) is 4.72 Å². The van der Waals surface area contributed by atoms with Gasteiger partial charge in [-0.25, -0.2) is 13.1 Å². The molecule has 6 heteroatoms. The first-order valence-corrected chi connectivity index (χ1v) is 10.3. The molecule has 2 aromatic carbocycles. The van der Waals surface area contributed by atoms with Crippen molar-refractivity contribution in [2.24, 2.45) is 0 Å². The minimum absolute atomic E-state index is 0.168. The van der Waals surface area contributed by atoms with E-state index in [1.165, 1.54) is 5.56 Å². The summed E-state index contributed by atoms with van der Waals surface area (Å²) >= 11 is 3.34. The Kier molecular flexibility index (Phi) is 5.27. The molecule has 0 amide bonds. The molecule has 1 N–H and O–H groups in total. The molecule has 1 atom stereocenters. The van der Waals surface area contributed by atoms with Crippen LogP contribution in [0.15, 0.2) is 51.8 Å². The molecule has 1 aliphatic carbocycles. The van der Waals surface area contributed by atoms with Crippen LogP contribution in [0.2, 0.25) is 0 Å². The van der Waals surface area contributed by atoms with Crippen LogP contribution in [0.4, 0.5) is 0 Å². The van der Waals surface area contributed by atoms with Gasteiger partial charge in [0.15, 0.2) is 0 Å². The number of fused-ring (bicyclic) bond motifs is 1. The largest absolute Gasteiger partial charge is 0.492 e. The summed E-state index contributed by atoms with van der Waals surface area (Å²) in [4.78, 5) is 0.168. The minimum Gasteiger partial charge on any atom is -0.492 e. The van der Waals surface area contributed by atoms with Crippen molar-refractivity contribution < 1.29 is 13.2 Å². The first kappa shape index (κ1) is 17.5. The third kappa shape index (κ3) is 3.66. The van der Waals surface area contributed by atoms with Gasteiger partial charge in [-0.05, 0) is 55.5 Å². The second kappa shape index (κ2) is 7.25. The maximum Gasteiger partial charge on any atom is 0.244 e. The van der Waals surface area contributed by atoms with Gasteiger partial charge in [-0.3, -0.25) is 0 Å². The Balaban J connectivity index is 1.94. The Hall–Kier alpha value is -1.37. The molecule has 128 valence electrons. The lowest BCUT2D eigenvalue weighted by Crippen LogP contribution is -2.31. The van der Waals surface area contributed by atoms with E-state index in [0.29, 0.717) is 16.8 Å². The standard InChI is InChI=1S/C18H20BrNO3S/c1-2-23-17-11-10-14(19)12-18(17)24(21,22)20-16-9-5-7-13-6-3-4-8-15(13)16/h3-4,6,8,10-12,16,20H,2,5,7,9H2,1H3. The average molecular weight is 410 g/mol. The summed E-state index contributed by atoms with van der Waals surface area (Å²) in [5, 5.41) is 0. The molecule has 0 saturated heterocycles. The summed E-state index contributed by atoms with van der Waals surface area (Å²) in [6.07, 6.45) is 2.77. The zero-order valence-corrected chi connectivity index (χ0v) is 15.9. The average Bonchev–Trinajstić information content (AvgIpc) is 2.57. The highest BCUT2D eigenvalue weighted by atomic mass is 79.9. The van der Waals surface area contributed by atoms with Crippen LogP contribution >= 0.6 is 15.9 Å². The van der Waals surface area contributed by atoms with Gasteiger partial charge in [0.05, 0.1) is 6.61 Å². The summed E-state index contributed by atoms with van der Waals surface area (Å²) in [6, 6.07) is 12.9. The molecule has 0 heterocycles. The maximum absolute atomic E-state index is 12.9. The van der Waals surface area contributed by atoms with E-state index in [2.05, 4.69) is 26.7 Å². The number of rotatable bonds is 5. The molecule has 4 nitrogen and oxygen atoms in total. The molecule has 0 radical (unpaired) electrons. The molecule has 0 fully saturated rings. The van der Waals surface area contributed by atoms with Crippen molar-refractivity contribution in [2.75, 3.05) is 6.61 Å². The molecule has 3 rings (SSSR count). The van der Waals surface area contributed by atoms with Crippen molar-refractivity contribution in [2.45, 2.75) is 37.1 Å². The Morgan fingerprint density at radius 2 is 2.04 bits per heavy atom. The molecule has 0 bridgehead atoms. The minimum atomic E-state index is -3.68. The highest BCUT2D eigenvalue weighted by Gasteiger charge is 2.27. The summed E-state index contributed by atoms with van der Waals surface area (Å²) in [6.45, 7) is 2.25. The predicted octanol–water partition coefficient (Wildman–Crippen LogP) is 4.20. The van der Waals surface area contributed by atoms with Crippen LogP contribution < -0.4 is 9.46 Å². The first-order valence-electron chi connectivity index (χ1n) is 8.04. The lowest BCUT2D eigenvalue weighted by molar-refractivity contribution is 0.330. The molecule has 0 aliphatic heterocycles. The van der Waals surface area contributed by atoms with Crippen LogP contribution in [0.5, 0.6) is 5.75 Å². The number of hydrogen-bond acceptors (Lipinski definition) is 3.